The Bertz CT molecular complexity index is 925. The predicted octanol–water partition coefficient (Wildman–Crippen LogP) is 0.988. The van der Waals surface area contributed by atoms with Crippen molar-refractivity contribution in [1.29, 1.82) is 0 Å². The van der Waals surface area contributed by atoms with E-state index in [2.05, 4.69) is 15.3 Å². The van der Waals surface area contributed by atoms with Crippen LogP contribution in [-0.2, 0) is 11.3 Å². The molecule has 5 rings (SSSR count). The number of anilines is 1. The lowest BCUT2D eigenvalue weighted by Gasteiger charge is -2.37. The van der Waals surface area contributed by atoms with Crippen molar-refractivity contribution in [3.05, 3.63) is 40.2 Å². The Labute approximate surface area is 156 Å². The minimum absolute atomic E-state index is 0.0278. The van der Waals surface area contributed by atoms with Crippen LogP contribution in [0.15, 0.2) is 23.1 Å². The van der Waals surface area contributed by atoms with E-state index in [1.54, 1.807) is 6.07 Å². The number of fused-ring (bicyclic) bond motifs is 4. The zero-order chi connectivity index (χ0) is 18.4. The van der Waals surface area contributed by atoms with Crippen molar-refractivity contribution in [2.45, 2.75) is 18.9 Å². The maximum Gasteiger partial charge on any atom is 0.251 e. The van der Waals surface area contributed by atoms with Crippen molar-refractivity contribution in [3.63, 3.8) is 0 Å². The molecule has 7 nitrogen and oxygen atoms in total. The van der Waals surface area contributed by atoms with Gasteiger partial charge in [-0.1, -0.05) is 0 Å². The summed E-state index contributed by atoms with van der Waals surface area (Å²) in [6.07, 6.45) is 2.29. The van der Waals surface area contributed by atoms with Crippen LogP contribution in [0.2, 0.25) is 0 Å². The molecular formula is C19H22FN5O2. The van der Waals surface area contributed by atoms with Gasteiger partial charge in [-0.15, -0.1) is 0 Å². The van der Waals surface area contributed by atoms with Crippen LogP contribution in [0, 0.1) is 11.7 Å². The third-order valence-corrected chi connectivity index (χ3v) is 5.76. The number of nitrogens with zero attached hydrogens (tertiary/aromatic N) is 4. The van der Waals surface area contributed by atoms with Crippen molar-refractivity contribution in [2.24, 2.45) is 5.92 Å². The quantitative estimate of drug-likeness (QED) is 0.849. The van der Waals surface area contributed by atoms with Gasteiger partial charge in [-0.2, -0.15) is 0 Å². The number of hydrogen-bond acceptors (Lipinski definition) is 6. The highest BCUT2D eigenvalue weighted by Crippen LogP contribution is 2.33. The number of nitrogens with one attached hydrogen (secondary N) is 1. The third-order valence-electron chi connectivity index (χ3n) is 5.76. The number of rotatable bonds is 2. The lowest BCUT2D eigenvalue weighted by molar-refractivity contribution is 0.122. The zero-order valence-electron chi connectivity index (χ0n) is 15.0. The normalized spacial score (nSPS) is 24.6. The summed E-state index contributed by atoms with van der Waals surface area (Å²) >= 11 is 0. The zero-order valence-corrected chi connectivity index (χ0v) is 15.0. The molecule has 0 aliphatic carbocycles. The Hall–Kier alpha value is -2.32. The lowest BCUT2D eigenvalue weighted by Crippen LogP contribution is -2.44. The number of hydrogen-bond donors (Lipinski definition) is 1. The van der Waals surface area contributed by atoms with Gasteiger partial charge in [-0.3, -0.25) is 4.79 Å². The first-order chi connectivity index (χ1) is 13.2. The molecule has 0 amide bonds. The van der Waals surface area contributed by atoms with E-state index in [1.807, 2.05) is 15.5 Å². The SMILES string of the molecule is O=c1cc(-c2ncc(F)c(N3CCOCC3)n2)cc2n1C[C@@H]1CNC[C@H]2C1. The van der Waals surface area contributed by atoms with Gasteiger partial charge in [0.25, 0.3) is 5.56 Å². The standard InChI is InChI=1S/C19H22FN5O2/c20-15-10-22-18(23-19(15)24-1-3-27-4-2-24)13-6-16-14-5-12(8-21-9-14)11-25(16)17(26)7-13/h6-7,10,12,14,21H,1-5,8-9,11H2/t12-,14+/m0/s1. The molecule has 2 atom stereocenters. The molecule has 2 bridgehead atoms. The lowest BCUT2D eigenvalue weighted by atomic mass is 9.84. The number of aromatic nitrogens is 3. The Morgan fingerprint density at radius 2 is 2.07 bits per heavy atom. The van der Waals surface area contributed by atoms with E-state index in [0.717, 1.165) is 31.7 Å². The molecule has 2 aromatic rings. The van der Waals surface area contributed by atoms with Gasteiger partial charge >= 0.3 is 0 Å². The smallest absolute Gasteiger partial charge is 0.251 e. The number of pyridine rings is 1. The van der Waals surface area contributed by atoms with E-state index in [-0.39, 0.29) is 11.4 Å². The summed E-state index contributed by atoms with van der Waals surface area (Å²) in [5.41, 5.74) is 1.66. The molecule has 0 aromatic carbocycles. The Kier molecular flexibility index (Phi) is 4.17. The summed E-state index contributed by atoms with van der Waals surface area (Å²) in [5.74, 6) is 1.05. The molecule has 2 saturated heterocycles. The van der Waals surface area contributed by atoms with Gasteiger partial charge < -0.3 is 19.5 Å². The second kappa shape index (κ2) is 6.69. The Balaban J connectivity index is 1.55. The number of piperidine rings is 1. The van der Waals surface area contributed by atoms with Crippen LogP contribution in [-0.4, -0.2) is 53.9 Å². The predicted molar refractivity (Wildman–Crippen MR) is 98.4 cm³/mol. The molecule has 2 aromatic heterocycles. The van der Waals surface area contributed by atoms with Gasteiger partial charge in [0.15, 0.2) is 17.5 Å². The van der Waals surface area contributed by atoms with Crippen LogP contribution in [0.25, 0.3) is 11.4 Å². The minimum atomic E-state index is -0.449. The van der Waals surface area contributed by atoms with E-state index >= 15 is 0 Å². The van der Waals surface area contributed by atoms with Gasteiger partial charge in [-0.25, -0.2) is 14.4 Å². The molecule has 8 heteroatoms. The van der Waals surface area contributed by atoms with Gasteiger partial charge in [0, 0.05) is 49.4 Å². The topological polar surface area (TPSA) is 72.3 Å². The van der Waals surface area contributed by atoms with Crippen molar-refractivity contribution in [2.75, 3.05) is 44.3 Å². The average molecular weight is 371 g/mol. The van der Waals surface area contributed by atoms with E-state index < -0.39 is 5.82 Å². The highest BCUT2D eigenvalue weighted by Gasteiger charge is 2.31. The molecule has 1 N–H and O–H groups in total. The van der Waals surface area contributed by atoms with Crippen LogP contribution in [0.1, 0.15) is 18.0 Å². The molecule has 3 aliphatic rings. The number of ether oxygens (including phenoxy) is 1. The molecule has 5 heterocycles. The summed E-state index contributed by atoms with van der Waals surface area (Å²) in [5, 5.41) is 3.45. The fraction of sp³-hybridized carbons (Fsp3) is 0.526. The van der Waals surface area contributed by atoms with Crippen LogP contribution in [0.5, 0.6) is 0 Å². The van der Waals surface area contributed by atoms with Gasteiger partial charge in [0.2, 0.25) is 0 Å². The van der Waals surface area contributed by atoms with Crippen molar-refractivity contribution in [1.82, 2.24) is 19.9 Å². The molecule has 0 saturated carbocycles. The van der Waals surface area contributed by atoms with Crippen LogP contribution >= 0.6 is 0 Å². The first-order valence-electron chi connectivity index (χ1n) is 9.50. The second-order valence-electron chi connectivity index (χ2n) is 7.54. The number of morpholine rings is 1. The molecule has 0 spiro atoms. The molecule has 3 aliphatic heterocycles. The third kappa shape index (κ3) is 3.02. The Morgan fingerprint density at radius 3 is 2.93 bits per heavy atom. The van der Waals surface area contributed by atoms with Crippen LogP contribution in [0.3, 0.4) is 0 Å². The van der Waals surface area contributed by atoms with Crippen LogP contribution < -0.4 is 15.8 Å². The van der Waals surface area contributed by atoms with Gasteiger partial charge in [0.05, 0.1) is 19.4 Å². The molecule has 27 heavy (non-hydrogen) atoms. The van der Waals surface area contributed by atoms with Gasteiger partial charge in [-0.05, 0) is 24.9 Å². The molecule has 0 unspecified atom stereocenters. The maximum absolute atomic E-state index is 14.3. The summed E-state index contributed by atoms with van der Waals surface area (Å²) in [4.78, 5) is 23.2. The Morgan fingerprint density at radius 1 is 1.22 bits per heavy atom. The second-order valence-corrected chi connectivity index (χ2v) is 7.54. The molecular weight excluding hydrogens is 349 g/mol. The van der Waals surface area contributed by atoms with E-state index in [1.165, 1.54) is 6.20 Å². The average Bonchev–Trinajstić information content (AvgIpc) is 2.70. The number of halogens is 1. The van der Waals surface area contributed by atoms with Crippen molar-refractivity contribution in [3.8, 4) is 11.4 Å². The minimum Gasteiger partial charge on any atom is -0.378 e. The van der Waals surface area contributed by atoms with E-state index in [4.69, 9.17) is 4.74 Å². The molecule has 142 valence electrons. The highest BCUT2D eigenvalue weighted by atomic mass is 19.1. The molecule has 0 radical (unpaired) electrons. The summed E-state index contributed by atoms with van der Waals surface area (Å²) in [7, 11) is 0. The van der Waals surface area contributed by atoms with Crippen molar-refractivity contribution >= 4 is 5.82 Å². The largest absolute Gasteiger partial charge is 0.378 e. The summed E-state index contributed by atoms with van der Waals surface area (Å²) in [6.45, 7) is 4.88. The summed E-state index contributed by atoms with van der Waals surface area (Å²) < 4.78 is 21.5. The van der Waals surface area contributed by atoms with E-state index in [0.29, 0.717) is 49.5 Å². The fourth-order valence-electron chi connectivity index (χ4n) is 4.43. The fourth-order valence-corrected chi connectivity index (χ4v) is 4.43. The van der Waals surface area contributed by atoms with Crippen molar-refractivity contribution < 1.29 is 9.13 Å². The van der Waals surface area contributed by atoms with Gasteiger partial charge in [0.1, 0.15) is 0 Å². The monoisotopic (exact) mass is 371 g/mol. The summed E-state index contributed by atoms with van der Waals surface area (Å²) in [6, 6.07) is 3.58. The first kappa shape index (κ1) is 16.8. The molecule has 2 fully saturated rings. The maximum atomic E-state index is 14.3. The first-order valence-corrected chi connectivity index (χ1v) is 9.50. The van der Waals surface area contributed by atoms with Crippen LogP contribution in [0.4, 0.5) is 10.2 Å². The highest BCUT2D eigenvalue weighted by molar-refractivity contribution is 5.58. The van der Waals surface area contributed by atoms with E-state index in [9.17, 15) is 9.18 Å².